The molecular weight excluding hydrogens is 246 g/mol. The second kappa shape index (κ2) is 7.44. The summed E-state index contributed by atoms with van der Waals surface area (Å²) in [4.78, 5) is 12.9. The number of amides is 1. The van der Waals surface area contributed by atoms with E-state index < -0.39 is 0 Å². The van der Waals surface area contributed by atoms with Crippen LogP contribution < -0.4 is 5.32 Å². The van der Waals surface area contributed by atoms with E-state index in [9.17, 15) is 4.79 Å². The first-order chi connectivity index (χ1) is 8.54. The van der Waals surface area contributed by atoms with Crippen molar-refractivity contribution in [2.45, 2.75) is 31.7 Å². The van der Waals surface area contributed by atoms with E-state index in [0.717, 1.165) is 4.90 Å². The molecular formula is C14H21NO2S. The topological polar surface area (TPSA) is 49.3 Å². The van der Waals surface area contributed by atoms with E-state index >= 15 is 0 Å². The van der Waals surface area contributed by atoms with Gasteiger partial charge in [0.05, 0.1) is 5.75 Å². The molecule has 1 rings (SSSR count). The molecule has 0 saturated carbocycles. The quantitative estimate of drug-likeness (QED) is 0.777. The average Bonchev–Trinajstić information content (AvgIpc) is 2.36. The van der Waals surface area contributed by atoms with Gasteiger partial charge in [-0.3, -0.25) is 4.79 Å². The fourth-order valence-corrected chi connectivity index (χ4v) is 2.30. The zero-order valence-corrected chi connectivity index (χ0v) is 12.0. The normalized spacial score (nSPS) is 14.0. The van der Waals surface area contributed by atoms with Gasteiger partial charge in [-0.15, -0.1) is 11.8 Å². The number of aliphatic hydroxyl groups is 1. The first kappa shape index (κ1) is 15.1. The summed E-state index contributed by atoms with van der Waals surface area (Å²) in [5, 5.41) is 11.9. The van der Waals surface area contributed by atoms with E-state index in [4.69, 9.17) is 5.11 Å². The first-order valence-corrected chi connectivity index (χ1v) is 7.11. The molecule has 4 heteroatoms. The highest BCUT2D eigenvalue weighted by molar-refractivity contribution is 8.00. The Morgan fingerprint density at radius 3 is 2.67 bits per heavy atom. The molecule has 0 aromatic heterocycles. The monoisotopic (exact) mass is 267 g/mol. The predicted octanol–water partition coefficient (Wildman–Crippen LogP) is 2.22. The number of rotatable bonds is 6. The Bertz CT molecular complexity index is 395. The van der Waals surface area contributed by atoms with Crippen molar-refractivity contribution in [3.05, 3.63) is 29.8 Å². The van der Waals surface area contributed by atoms with Gasteiger partial charge in [0.1, 0.15) is 0 Å². The van der Waals surface area contributed by atoms with E-state index in [1.54, 1.807) is 11.8 Å². The number of aryl methyl sites for hydroxylation is 1. The summed E-state index contributed by atoms with van der Waals surface area (Å²) >= 11 is 1.54. The van der Waals surface area contributed by atoms with Gasteiger partial charge in [-0.1, -0.05) is 25.1 Å². The van der Waals surface area contributed by atoms with Crippen molar-refractivity contribution in [3.8, 4) is 0 Å². The Hall–Kier alpha value is -1.00. The highest BCUT2D eigenvalue weighted by Gasteiger charge is 2.14. The molecule has 2 atom stereocenters. The van der Waals surface area contributed by atoms with Crippen LogP contribution in [-0.2, 0) is 4.79 Å². The smallest absolute Gasteiger partial charge is 0.230 e. The van der Waals surface area contributed by atoms with Crippen molar-refractivity contribution in [2.75, 3.05) is 12.4 Å². The van der Waals surface area contributed by atoms with Crippen molar-refractivity contribution >= 4 is 17.7 Å². The number of thioether (sulfide) groups is 1. The van der Waals surface area contributed by atoms with Gasteiger partial charge >= 0.3 is 0 Å². The molecule has 0 heterocycles. The van der Waals surface area contributed by atoms with E-state index in [1.807, 2.05) is 45.0 Å². The molecule has 100 valence electrons. The lowest BCUT2D eigenvalue weighted by Gasteiger charge is -2.19. The molecule has 0 saturated heterocycles. The summed E-state index contributed by atoms with van der Waals surface area (Å²) in [6, 6.07) is 8.03. The van der Waals surface area contributed by atoms with Crippen LogP contribution in [-0.4, -0.2) is 29.4 Å². The van der Waals surface area contributed by atoms with Gasteiger partial charge in [-0.2, -0.15) is 0 Å². The van der Waals surface area contributed by atoms with Gasteiger partial charge in [0, 0.05) is 17.5 Å². The van der Waals surface area contributed by atoms with Crippen molar-refractivity contribution in [1.82, 2.24) is 5.32 Å². The maximum Gasteiger partial charge on any atom is 0.230 e. The molecule has 0 radical (unpaired) electrons. The van der Waals surface area contributed by atoms with Gasteiger partial charge < -0.3 is 10.4 Å². The minimum Gasteiger partial charge on any atom is -0.396 e. The van der Waals surface area contributed by atoms with Gasteiger partial charge in [-0.05, 0) is 31.4 Å². The SMILES string of the molecule is Cc1ccccc1SCC(=O)NC(C)C(C)CO. The fraction of sp³-hybridized carbons (Fsp3) is 0.500. The number of carbonyl (C=O) groups excluding carboxylic acids is 1. The summed E-state index contributed by atoms with van der Waals surface area (Å²) in [5.41, 5.74) is 1.19. The maximum atomic E-state index is 11.7. The van der Waals surface area contributed by atoms with Gasteiger partial charge in [0.15, 0.2) is 0 Å². The van der Waals surface area contributed by atoms with E-state index in [2.05, 4.69) is 5.32 Å². The highest BCUT2D eigenvalue weighted by atomic mass is 32.2. The molecule has 1 amide bonds. The number of benzene rings is 1. The molecule has 2 unspecified atom stereocenters. The number of hydrogen-bond donors (Lipinski definition) is 2. The third kappa shape index (κ3) is 4.70. The zero-order valence-electron chi connectivity index (χ0n) is 11.1. The molecule has 1 aromatic carbocycles. The lowest BCUT2D eigenvalue weighted by atomic mass is 10.1. The van der Waals surface area contributed by atoms with Crippen molar-refractivity contribution in [2.24, 2.45) is 5.92 Å². The molecule has 3 nitrogen and oxygen atoms in total. The molecule has 1 aromatic rings. The minimum absolute atomic E-state index is 0.0000275. The second-order valence-corrected chi connectivity index (χ2v) is 5.59. The largest absolute Gasteiger partial charge is 0.396 e. The Balaban J connectivity index is 2.40. The number of carbonyl (C=O) groups is 1. The summed E-state index contributed by atoms with van der Waals surface area (Å²) in [7, 11) is 0. The predicted molar refractivity (Wildman–Crippen MR) is 75.8 cm³/mol. The van der Waals surface area contributed by atoms with Gasteiger partial charge in [0.25, 0.3) is 0 Å². The van der Waals surface area contributed by atoms with Crippen LogP contribution in [0.5, 0.6) is 0 Å². The fourth-order valence-electron chi connectivity index (χ4n) is 1.46. The zero-order chi connectivity index (χ0) is 13.5. The molecule has 18 heavy (non-hydrogen) atoms. The van der Waals surface area contributed by atoms with Gasteiger partial charge in [0.2, 0.25) is 5.91 Å². The van der Waals surface area contributed by atoms with Crippen LogP contribution in [0.15, 0.2) is 29.2 Å². The van der Waals surface area contributed by atoms with E-state index in [-0.39, 0.29) is 24.5 Å². The molecule has 0 aliphatic rings. The lowest BCUT2D eigenvalue weighted by Crippen LogP contribution is -2.39. The van der Waals surface area contributed by atoms with Crippen molar-refractivity contribution in [3.63, 3.8) is 0 Å². The van der Waals surface area contributed by atoms with E-state index in [1.165, 1.54) is 5.56 Å². The standard InChI is InChI=1S/C14H21NO2S/c1-10-6-4-5-7-13(10)18-9-14(17)15-12(3)11(2)8-16/h4-7,11-12,16H,8-9H2,1-3H3,(H,15,17). The average molecular weight is 267 g/mol. The molecule has 0 spiro atoms. The summed E-state index contributed by atoms with van der Waals surface area (Å²) in [5.74, 6) is 0.501. The van der Waals surface area contributed by atoms with Crippen molar-refractivity contribution in [1.29, 1.82) is 0 Å². The molecule has 0 bridgehead atoms. The number of aliphatic hydroxyl groups excluding tert-OH is 1. The van der Waals surface area contributed by atoms with Crippen LogP contribution in [0.2, 0.25) is 0 Å². The molecule has 0 fully saturated rings. The van der Waals surface area contributed by atoms with E-state index in [0.29, 0.717) is 5.75 Å². The van der Waals surface area contributed by atoms with Crippen LogP contribution in [0.1, 0.15) is 19.4 Å². The van der Waals surface area contributed by atoms with Crippen molar-refractivity contribution < 1.29 is 9.90 Å². The Labute approximate surface area is 113 Å². The Morgan fingerprint density at radius 1 is 1.39 bits per heavy atom. The maximum absolute atomic E-state index is 11.7. The molecule has 2 N–H and O–H groups in total. The summed E-state index contributed by atoms with van der Waals surface area (Å²) in [6.45, 7) is 5.96. The lowest BCUT2D eigenvalue weighted by molar-refractivity contribution is -0.119. The van der Waals surface area contributed by atoms with Gasteiger partial charge in [-0.25, -0.2) is 0 Å². The second-order valence-electron chi connectivity index (χ2n) is 4.57. The van der Waals surface area contributed by atoms with Crippen LogP contribution in [0.4, 0.5) is 0 Å². The van der Waals surface area contributed by atoms with Crippen LogP contribution in [0.3, 0.4) is 0 Å². The minimum atomic E-state index is -0.0000275. The first-order valence-electron chi connectivity index (χ1n) is 6.13. The Kier molecular flexibility index (Phi) is 6.22. The third-order valence-electron chi connectivity index (χ3n) is 2.98. The summed E-state index contributed by atoms with van der Waals surface area (Å²) < 4.78 is 0. The number of hydrogen-bond acceptors (Lipinski definition) is 3. The third-order valence-corrected chi connectivity index (χ3v) is 4.16. The highest BCUT2D eigenvalue weighted by Crippen LogP contribution is 2.21. The van der Waals surface area contributed by atoms with Crippen LogP contribution >= 0.6 is 11.8 Å². The summed E-state index contributed by atoms with van der Waals surface area (Å²) in [6.07, 6.45) is 0. The Morgan fingerprint density at radius 2 is 2.06 bits per heavy atom. The van der Waals surface area contributed by atoms with Crippen LogP contribution in [0, 0.1) is 12.8 Å². The number of nitrogens with one attached hydrogen (secondary N) is 1. The van der Waals surface area contributed by atoms with Crippen LogP contribution in [0.25, 0.3) is 0 Å². The molecule has 0 aliphatic carbocycles. The molecule has 0 aliphatic heterocycles.